The summed E-state index contributed by atoms with van der Waals surface area (Å²) in [5.74, 6) is 0.526. The number of nitrogens with zero attached hydrogens (tertiary/aromatic N) is 5. The predicted octanol–water partition coefficient (Wildman–Crippen LogP) is 1.58. The molecule has 3 heterocycles. The standard InChI is InChI=1S/C18H31N5O2/c1-13(2)17(22-8-14(3)25-15(4)9-22)18(24)21-7-5-6-16(10-21)23-12-19-11-20-23/h11-17H,5-10H2,1-4H3/t14-,15+,16-,17+/m1/s1. The lowest BCUT2D eigenvalue weighted by Gasteiger charge is -2.43. The monoisotopic (exact) mass is 349 g/mol. The summed E-state index contributed by atoms with van der Waals surface area (Å²) in [6, 6.07) is 0.152. The number of carbonyl (C=O) groups excluding carboxylic acids is 1. The molecule has 1 aromatic heterocycles. The van der Waals surface area contributed by atoms with Crippen LogP contribution in [0, 0.1) is 5.92 Å². The van der Waals surface area contributed by atoms with Gasteiger partial charge in [-0.3, -0.25) is 9.69 Å². The molecule has 0 N–H and O–H groups in total. The molecular formula is C18H31N5O2. The summed E-state index contributed by atoms with van der Waals surface area (Å²) in [6.07, 6.45) is 5.71. The predicted molar refractivity (Wildman–Crippen MR) is 95.1 cm³/mol. The fraction of sp³-hybridized carbons (Fsp3) is 0.833. The molecule has 0 spiro atoms. The van der Waals surface area contributed by atoms with E-state index in [1.807, 2.05) is 9.58 Å². The quantitative estimate of drug-likeness (QED) is 0.826. The van der Waals surface area contributed by atoms with Gasteiger partial charge in [-0.2, -0.15) is 5.10 Å². The van der Waals surface area contributed by atoms with Crippen molar-refractivity contribution in [3.63, 3.8) is 0 Å². The van der Waals surface area contributed by atoms with Gasteiger partial charge in [-0.05, 0) is 32.6 Å². The highest BCUT2D eigenvalue weighted by atomic mass is 16.5. The molecule has 3 rings (SSSR count). The Bertz CT molecular complexity index is 552. The van der Waals surface area contributed by atoms with E-state index in [1.165, 1.54) is 0 Å². The lowest BCUT2D eigenvalue weighted by atomic mass is 9.97. The normalized spacial score (nSPS) is 29.8. The third kappa shape index (κ3) is 4.20. The highest BCUT2D eigenvalue weighted by molar-refractivity contribution is 5.82. The molecule has 0 aromatic carbocycles. The lowest BCUT2D eigenvalue weighted by Crippen LogP contribution is -2.58. The summed E-state index contributed by atoms with van der Waals surface area (Å²) < 4.78 is 7.74. The SMILES string of the molecule is CC(C)[C@@H](C(=O)N1CCC[C@@H](n2cncn2)C1)N1C[C@@H](C)O[C@@H](C)C1. The van der Waals surface area contributed by atoms with Crippen LogP contribution >= 0.6 is 0 Å². The Kier molecular flexibility index (Phi) is 5.74. The maximum atomic E-state index is 13.4. The molecule has 140 valence electrons. The Labute approximate surface area is 150 Å². The van der Waals surface area contributed by atoms with E-state index in [0.29, 0.717) is 0 Å². The molecule has 0 aliphatic carbocycles. The number of likely N-dealkylation sites (tertiary alicyclic amines) is 1. The highest BCUT2D eigenvalue weighted by Gasteiger charge is 2.37. The maximum Gasteiger partial charge on any atom is 0.240 e. The van der Waals surface area contributed by atoms with Crippen molar-refractivity contribution in [2.24, 2.45) is 5.92 Å². The summed E-state index contributed by atoms with van der Waals surface area (Å²) in [6.45, 7) is 11.7. The average Bonchev–Trinajstić information content (AvgIpc) is 3.08. The molecule has 2 fully saturated rings. The Hall–Kier alpha value is -1.47. The van der Waals surface area contributed by atoms with Crippen LogP contribution < -0.4 is 0 Å². The molecule has 2 aliphatic heterocycles. The molecule has 25 heavy (non-hydrogen) atoms. The fourth-order valence-electron chi connectivity index (χ4n) is 4.27. The molecule has 1 amide bonds. The van der Waals surface area contributed by atoms with E-state index in [0.717, 1.165) is 39.0 Å². The molecular weight excluding hydrogens is 318 g/mol. The number of amides is 1. The minimum atomic E-state index is -0.0803. The number of ether oxygens (including phenoxy) is 1. The van der Waals surface area contributed by atoms with Gasteiger partial charge >= 0.3 is 0 Å². The van der Waals surface area contributed by atoms with E-state index < -0.39 is 0 Å². The van der Waals surface area contributed by atoms with Crippen LogP contribution in [-0.2, 0) is 9.53 Å². The average molecular weight is 349 g/mol. The number of hydrogen-bond donors (Lipinski definition) is 0. The fourth-order valence-corrected chi connectivity index (χ4v) is 4.27. The van der Waals surface area contributed by atoms with Crippen LogP contribution in [0.1, 0.15) is 46.6 Å². The molecule has 0 unspecified atom stereocenters. The summed E-state index contributed by atoms with van der Waals surface area (Å²) in [5.41, 5.74) is 0. The van der Waals surface area contributed by atoms with Crippen LogP contribution in [0.2, 0.25) is 0 Å². The van der Waals surface area contributed by atoms with E-state index in [-0.39, 0.29) is 36.1 Å². The Morgan fingerprint density at radius 3 is 2.52 bits per heavy atom. The van der Waals surface area contributed by atoms with Crippen LogP contribution in [-0.4, -0.2) is 74.9 Å². The Morgan fingerprint density at radius 2 is 1.92 bits per heavy atom. The second-order valence-electron chi connectivity index (χ2n) is 7.86. The van der Waals surface area contributed by atoms with Crippen molar-refractivity contribution in [2.75, 3.05) is 26.2 Å². The zero-order valence-corrected chi connectivity index (χ0v) is 15.8. The first kappa shape index (κ1) is 18.3. The largest absolute Gasteiger partial charge is 0.373 e. The van der Waals surface area contributed by atoms with Crippen molar-refractivity contribution in [1.29, 1.82) is 0 Å². The van der Waals surface area contributed by atoms with E-state index in [4.69, 9.17) is 4.74 Å². The van der Waals surface area contributed by atoms with Gasteiger partial charge in [0.2, 0.25) is 5.91 Å². The topological polar surface area (TPSA) is 63.5 Å². The van der Waals surface area contributed by atoms with Gasteiger partial charge in [-0.25, -0.2) is 9.67 Å². The smallest absolute Gasteiger partial charge is 0.240 e. The molecule has 0 saturated carbocycles. The van der Waals surface area contributed by atoms with Crippen molar-refractivity contribution in [1.82, 2.24) is 24.6 Å². The van der Waals surface area contributed by atoms with Gasteiger partial charge in [0.05, 0.1) is 24.3 Å². The first-order valence-corrected chi connectivity index (χ1v) is 9.48. The summed E-state index contributed by atoms with van der Waals surface area (Å²) in [7, 11) is 0. The van der Waals surface area contributed by atoms with E-state index >= 15 is 0 Å². The van der Waals surface area contributed by atoms with Crippen LogP contribution in [0.25, 0.3) is 0 Å². The minimum Gasteiger partial charge on any atom is -0.373 e. The summed E-state index contributed by atoms with van der Waals surface area (Å²) in [5, 5.41) is 4.26. The summed E-state index contributed by atoms with van der Waals surface area (Å²) in [4.78, 5) is 21.8. The van der Waals surface area contributed by atoms with E-state index in [2.05, 4.69) is 42.7 Å². The van der Waals surface area contributed by atoms with Crippen LogP contribution in [0.3, 0.4) is 0 Å². The highest BCUT2D eigenvalue weighted by Crippen LogP contribution is 2.25. The zero-order valence-electron chi connectivity index (χ0n) is 15.8. The van der Waals surface area contributed by atoms with Gasteiger partial charge in [0, 0.05) is 26.2 Å². The van der Waals surface area contributed by atoms with Gasteiger partial charge in [0.1, 0.15) is 12.7 Å². The van der Waals surface area contributed by atoms with Gasteiger partial charge < -0.3 is 9.64 Å². The first-order chi connectivity index (χ1) is 12.0. The molecule has 0 bridgehead atoms. The van der Waals surface area contributed by atoms with Crippen molar-refractivity contribution in [3.8, 4) is 0 Å². The van der Waals surface area contributed by atoms with Crippen LogP contribution in [0.5, 0.6) is 0 Å². The van der Waals surface area contributed by atoms with Crippen molar-refractivity contribution >= 4 is 5.91 Å². The zero-order chi connectivity index (χ0) is 18.0. The number of hydrogen-bond acceptors (Lipinski definition) is 5. The minimum absolute atomic E-state index is 0.0803. The van der Waals surface area contributed by atoms with Gasteiger partial charge in [0.25, 0.3) is 0 Å². The molecule has 0 radical (unpaired) electrons. The summed E-state index contributed by atoms with van der Waals surface area (Å²) >= 11 is 0. The second kappa shape index (κ2) is 7.83. The number of rotatable bonds is 4. The van der Waals surface area contributed by atoms with Gasteiger partial charge in [-0.15, -0.1) is 0 Å². The van der Waals surface area contributed by atoms with Gasteiger partial charge in [0.15, 0.2) is 0 Å². The van der Waals surface area contributed by atoms with Crippen molar-refractivity contribution in [3.05, 3.63) is 12.7 Å². The number of aromatic nitrogens is 3. The van der Waals surface area contributed by atoms with Crippen LogP contribution in [0.15, 0.2) is 12.7 Å². The molecule has 7 heteroatoms. The first-order valence-electron chi connectivity index (χ1n) is 9.48. The van der Waals surface area contributed by atoms with E-state index in [9.17, 15) is 4.79 Å². The van der Waals surface area contributed by atoms with Crippen molar-refractivity contribution < 1.29 is 9.53 Å². The molecule has 2 aliphatic rings. The van der Waals surface area contributed by atoms with Crippen molar-refractivity contribution in [2.45, 2.75) is 64.8 Å². The van der Waals surface area contributed by atoms with Gasteiger partial charge in [-0.1, -0.05) is 13.8 Å². The number of morpholine rings is 1. The maximum absolute atomic E-state index is 13.4. The number of piperidine rings is 1. The molecule has 7 nitrogen and oxygen atoms in total. The number of carbonyl (C=O) groups is 1. The molecule has 2 saturated heterocycles. The molecule has 4 atom stereocenters. The third-order valence-corrected chi connectivity index (χ3v) is 5.24. The third-order valence-electron chi connectivity index (χ3n) is 5.24. The Morgan fingerprint density at radius 1 is 1.20 bits per heavy atom. The lowest BCUT2D eigenvalue weighted by molar-refractivity contribution is -0.147. The molecule has 1 aromatic rings. The van der Waals surface area contributed by atoms with Crippen LogP contribution in [0.4, 0.5) is 0 Å². The Balaban J connectivity index is 1.71. The second-order valence-corrected chi connectivity index (χ2v) is 7.86. The van der Waals surface area contributed by atoms with E-state index in [1.54, 1.807) is 12.7 Å².